The maximum absolute atomic E-state index is 12.7. The molecule has 0 fully saturated rings. The van der Waals surface area contributed by atoms with E-state index in [4.69, 9.17) is 10.2 Å². The van der Waals surface area contributed by atoms with Crippen LogP contribution in [-0.2, 0) is 15.8 Å². The van der Waals surface area contributed by atoms with Gasteiger partial charge >= 0.3 is 18.1 Å². The number of rotatable bonds is 6. The van der Waals surface area contributed by atoms with Crippen molar-refractivity contribution < 1.29 is 33.0 Å². The molecule has 1 aromatic rings. The van der Waals surface area contributed by atoms with Crippen molar-refractivity contribution in [2.45, 2.75) is 19.0 Å². The predicted octanol–water partition coefficient (Wildman–Crippen LogP) is 2.42. The summed E-state index contributed by atoms with van der Waals surface area (Å²) in [4.78, 5) is 21.2. The third kappa shape index (κ3) is 5.13. The standard InChI is InChI=1S/C12H11F3N2O4/c13-12(14,15)7-3-1-2-4-8(7)16-17-9(11(20)21)5-6-10(18)19/h1-4,16H,5-6H2,(H,18,19)(H,20,21)/b17-9+. The van der Waals surface area contributed by atoms with Crippen LogP contribution in [0.2, 0.25) is 0 Å². The van der Waals surface area contributed by atoms with E-state index in [0.29, 0.717) is 0 Å². The molecule has 0 atom stereocenters. The van der Waals surface area contributed by atoms with Crippen LogP contribution in [0.5, 0.6) is 0 Å². The summed E-state index contributed by atoms with van der Waals surface area (Å²) in [6.45, 7) is 0. The molecule has 0 saturated heterocycles. The lowest BCUT2D eigenvalue weighted by Crippen LogP contribution is -2.17. The number of carboxylic acid groups (broad SMARTS) is 2. The lowest BCUT2D eigenvalue weighted by molar-refractivity contribution is -0.137. The van der Waals surface area contributed by atoms with Crippen molar-refractivity contribution in [2.24, 2.45) is 5.10 Å². The summed E-state index contributed by atoms with van der Waals surface area (Å²) in [6, 6.07) is 4.41. The quantitative estimate of drug-likeness (QED) is 0.553. The van der Waals surface area contributed by atoms with Crippen LogP contribution < -0.4 is 5.43 Å². The van der Waals surface area contributed by atoms with Crippen LogP contribution in [0.4, 0.5) is 18.9 Å². The Labute approximate surface area is 116 Å². The smallest absolute Gasteiger partial charge is 0.418 e. The second kappa shape index (κ2) is 6.73. The highest BCUT2D eigenvalue weighted by Crippen LogP contribution is 2.34. The topological polar surface area (TPSA) is 99.0 Å². The molecule has 0 amide bonds. The fourth-order valence-electron chi connectivity index (χ4n) is 1.39. The van der Waals surface area contributed by atoms with E-state index in [1.807, 2.05) is 5.43 Å². The normalized spacial score (nSPS) is 12.0. The molecule has 114 valence electrons. The lowest BCUT2D eigenvalue weighted by Gasteiger charge is -2.12. The first kappa shape index (κ1) is 16.5. The van der Waals surface area contributed by atoms with Gasteiger partial charge in [0, 0.05) is 6.42 Å². The molecule has 21 heavy (non-hydrogen) atoms. The first-order chi connectivity index (χ1) is 9.71. The molecule has 0 aromatic heterocycles. The van der Waals surface area contributed by atoms with E-state index in [1.54, 1.807) is 0 Å². The highest BCUT2D eigenvalue weighted by atomic mass is 19.4. The number of benzene rings is 1. The van der Waals surface area contributed by atoms with Gasteiger partial charge in [0.25, 0.3) is 0 Å². The van der Waals surface area contributed by atoms with E-state index in [2.05, 4.69) is 5.10 Å². The van der Waals surface area contributed by atoms with Gasteiger partial charge in [0.1, 0.15) is 5.71 Å². The fourth-order valence-corrected chi connectivity index (χ4v) is 1.39. The molecule has 1 rings (SSSR count). The predicted molar refractivity (Wildman–Crippen MR) is 67.0 cm³/mol. The van der Waals surface area contributed by atoms with E-state index in [0.717, 1.165) is 12.1 Å². The van der Waals surface area contributed by atoms with Crippen molar-refractivity contribution in [3.63, 3.8) is 0 Å². The third-order valence-electron chi connectivity index (χ3n) is 2.37. The number of aliphatic carboxylic acids is 2. The van der Waals surface area contributed by atoms with E-state index >= 15 is 0 Å². The van der Waals surface area contributed by atoms with E-state index in [9.17, 15) is 22.8 Å². The number of hydrogen-bond acceptors (Lipinski definition) is 4. The van der Waals surface area contributed by atoms with Crippen LogP contribution in [0.1, 0.15) is 18.4 Å². The number of carbonyl (C=O) groups is 2. The molecule has 0 saturated carbocycles. The van der Waals surface area contributed by atoms with Crippen molar-refractivity contribution in [1.82, 2.24) is 0 Å². The Morgan fingerprint density at radius 3 is 2.29 bits per heavy atom. The zero-order valence-electron chi connectivity index (χ0n) is 10.5. The monoisotopic (exact) mass is 304 g/mol. The van der Waals surface area contributed by atoms with Gasteiger partial charge in [0.2, 0.25) is 0 Å². The highest BCUT2D eigenvalue weighted by molar-refractivity contribution is 6.35. The molecule has 0 heterocycles. The van der Waals surface area contributed by atoms with Gasteiger partial charge in [-0.05, 0) is 12.1 Å². The number of halogens is 3. The maximum atomic E-state index is 12.7. The minimum absolute atomic E-state index is 0.411. The van der Waals surface area contributed by atoms with E-state index < -0.39 is 47.9 Å². The van der Waals surface area contributed by atoms with Gasteiger partial charge in [0.15, 0.2) is 0 Å². The number of para-hydroxylation sites is 1. The molecule has 3 N–H and O–H groups in total. The third-order valence-corrected chi connectivity index (χ3v) is 2.37. The Balaban J connectivity index is 2.96. The van der Waals surface area contributed by atoms with Crippen molar-refractivity contribution in [2.75, 3.05) is 5.43 Å². The zero-order chi connectivity index (χ0) is 16.0. The van der Waals surface area contributed by atoms with Crippen LogP contribution in [-0.4, -0.2) is 27.9 Å². The number of nitrogens with one attached hydrogen (secondary N) is 1. The molecule has 9 heteroatoms. The first-order valence-electron chi connectivity index (χ1n) is 5.65. The largest absolute Gasteiger partial charge is 0.481 e. The van der Waals surface area contributed by atoms with Gasteiger partial charge in [-0.3, -0.25) is 10.2 Å². The van der Waals surface area contributed by atoms with Crippen LogP contribution >= 0.6 is 0 Å². The zero-order valence-corrected chi connectivity index (χ0v) is 10.5. The molecular weight excluding hydrogens is 293 g/mol. The minimum Gasteiger partial charge on any atom is -0.481 e. The summed E-state index contributed by atoms with van der Waals surface area (Å²) in [7, 11) is 0. The second-order valence-electron chi connectivity index (χ2n) is 3.91. The summed E-state index contributed by atoms with van der Waals surface area (Å²) >= 11 is 0. The number of anilines is 1. The fraction of sp³-hybridized carbons (Fsp3) is 0.250. The molecule has 0 bridgehead atoms. The van der Waals surface area contributed by atoms with Crippen molar-refractivity contribution >= 4 is 23.3 Å². The summed E-state index contributed by atoms with van der Waals surface area (Å²) in [5.41, 5.74) is 0.0240. The van der Waals surface area contributed by atoms with Gasteiger partial charge in [0.05, 0.1) is 17.7 Å². The molecular formula is C12H11F3N2O4. The molecule has 0 aliphatic carbocycles. The van der Waals surface area contributed by atoms with Gasteiger partial charge in [-0.2, -0.15) is 18.3 Å². The lowest BCUT2D eigenvalue weighted by atomic mass is 10.2. The average molecular weight is 304 g/mol. The number of alkyl halides is 3. The number of hydrazone groups is 1. The van der Waals surface area contributed by atoms with Crippen LogP contribution in [0, 0.1) is 0 Å². The van der Waals surface area contributed by atoms with Crippen molar-refractivity contribution in [3.8, 4) is 0 Å². The molecule has 6 nitrogen and oxygen atoms in total. The summed E-state index contributed by atoms with van der Waals surface area (Å²) in [5.74, 6) is -2.74. The van der Waals surface area contributed by atoms with Crippen LogP contribution in [0.3, 0.4) is 0 Å². The number of carboxylic acids is 2. The van der Waals surface area contributed by atoms with E-state index in [1.165, 1.54) is 12.1 Å². The van der Waals surface area contributed by atoms with Gasteiger partial charge in [-0.15, -0.1) is 0 Å². The minimum atomic E-state index is -4.62. The summed E-state index contributed by atoms with van der Waals surface area (Å²) < 4.78 is 38.1. The molecule has 0 aliphatic heterocycles. The Morgan fingerprint density at radius 2 is 1.76 bits per heavy atom. The molecule has 0 aliphatic rings. The van der Waals surface area contributed by atoms with E-state index in [-0.39, 0.29) is 0 Å². The average Bonchev–Trinajstić information content (AvgIpc) is 2.37. The van der Waals surface area contributed by atoms with Gasteiger partial charge < -0.3 is 10.2 Å². The van der Waals surface area contributed by atoms with Crippen LogP contribution in [0.25, 0.3) is 0 Å². The van der Waals surface area contributed by atoms with Gasteiger partial charge in [-0.25, -0.2) is 4.79 Å². The first-order valence-corrected chi connectivity index (χ1v) is 5.65. The Bertz CT molecular complexity index is 570. The SMILES string of the molecule is O=C(O)CC/C(=N\Nc1ccccc1C(F)(F)F)C(=O)O. The molecule has 0 radical (unpaired) electrons. The maximum Gasteiger partial charge on any atom is 0.418 e. The molecule has 0 unspecified atom stereocenters. The van der Waals surface area contributed by atoms with Gasteiger partial charge in [-0.1, -0.05) is 12.1 Å². The molecule has 1 aromatic carbocycles. The van der Waals surface area contributed by atoms with Crippen molar-refractivity contribution in [3.05, 3.63) is 29.8 Å². The van der Waals surface area contributed by atoms with Crippen LogP contribution in [0.15, 0.2) is 29.4 Å². The Hall–Kier alpha value is -2.58. The molecule has 0 spiro atoms. The highest BCUT2D eigenvalue weighted by Gasteiger charge is 2.33. The Kier molecular flexibility index (Phi) is 5.28. The second-order valence-corrected chi connectivity index (χ2v) is 3.91. The summed E-state index contributed by atoms with van der Waals surface area (Å²) in [6.07, 6.45) is -5.52. The number of nitrogens with zero attached hydrogens (tertiary/aromatic N) is 1. The van der Waals surface area contributed by atoms with Crippen molar-refractivity contribution in [1.29, 1.82) is 0 Å². The number of hydrogen-bond donors (Lipinski definition) is 3. The summed E-state index contributed by atoms with van der Waals surface area (Å²) in [5, 5.41) is 20.6. The Morgan fingerprint density at radius 1 is 1.14 bits per heavy atom.